The van der Waals surface area contributed by atoms with Crippen molar-refractivity contribution in [2.45, 2.75) is 70.9 Å². The number of nitrogens with zero attached hydrogens (tertiary/aromatic N) is 4. The zero-order valence-electron chi connectivity index (χ0n) is 19.9. The van der Waals surface area contributed by atoms with Crippen molar-refractivity contribution >= 4 is 17.7 Å². The number of benzene rings is 1. The fraction of sp³-hybridized carbons (Fsp3) is 0.538. The number of rotatable bonds is 5. The molecule has 2 fully saturated rings. The molecule has 0 bridgehead atoms. The van der Waals surface area contributed by atoms with Gasteiger partial charge in [-0.3, -0.25) is 4.79 Å². The number of piperidine rings is 1. The molecule has 1 amide bonds. The van der Waals surface area contributed by atoms with Gasteiger partial charge in [0, 0.05) is 30.3 Å². The lowest BCUT2D eigenvalue weighted by atomic mass is 9.84. The van der Waals surface area contributed by atoms with Crippen molar-refractivity contribution in [3.63, 3.8) is 0 Å². The van der Waals surface area contributed by atoms with E-state index in [0.29, 0.717) is 23.6 Å². The SMILES string of the molecule is CCC1CCC(NC(=O)C2CCC(C)N(c3cc(-c4ccc(C#N)c(F)c4)nc(N)n3)C2)CC1. The monoisotopic (exact) mass is 464 g/mol. The second kappa shape index (κ2) is 10.4. The first-order valence-electron chi connectivity index (χ1n) is 12.3. The lowest BCUT2D eigenvalue weighted by Gasteiger charge is -2.39. The largest absolute Gasteiger partial charge is 0.368 e. The Kier molecular flexibility index (Phi) is 7.30. The number of anilines is 2. The van der Waals surface area contributed by atoms with Crippen molar-refractivity contribution in [3.05, 3.63) is 35.6 Å². The van der Waals surface area contributed by atoms with Crippen LogP contribution in [0.1, 0.15) is 64.4 Å². The minimum atomic E-state index is -0.602. The third-order valence-corrected chi connectivity index (χ3v) is 7.43. The van der Waals surface area contributed by atoms with Gasteiger partial charge in [-0.25, -0.2) is 9.37 Å². The van der Waals surface area contributed by atoms with Crippen molar-refractivity contribution < 1.29 is 9.18 Å². The molecule has 180 valence electrons. The standard InChI is InChI=1S/C26H33FN6O/c1-3-17-5-10-21(11-6-17)30-25(34)20-7-4-16(2)33(15-20)24-13-23(31-26(29)32-24)18-8-9-19(14-28)22(27)12-18/h8-9,12-13,16-17,20-21H,3-7,10-11,15H2,1-2H3,(H,30,34)(H2,29,31,32). The molecule has 2 aliphatic rings. The van der Waals surface area contributed by atoms with Crippen LogP contribution in [0.25, 0.3) is 11.3 Å². The summed E-state index contributed by atoms with van der Waals surface area (Å²) in [6, 6.07) is 8.43. The molecule has 1 saturated carbocycles. The first-order valence-corrected chi connectivity index (χ1v) is 12.3. The molecule has 1 aliphatic carbocycles. The Balaban J connectivity index is 1.49. The fourth-order valence-electron chi connectivity index (χ4n) is 5.19. The molecule has 2 heterocycles. The predicted octanol–water partition coefficient (Wildman–Crippen LogP) is 4.43. The van der Waals surface area contributed by atoms with E-state index in [1.54, 1.807) is 12.1 Å². The summed E-state index contributed by atoms with van der Waals surface area (Å²) in [5.41, 5.74) is 6.99. The van der Waals surface area contributed by atoms with Crippen molar-refractivity contribution in [2.24, 2.45) is 11.8 Å². The Morgan fingerprint density at radius 2 is 1.97 bits per heavy atom. The smallest absolute Gasteiger partial charge is 0.225 e. The fourth-order valence-corrected chi connectivity index (χ4v) is 5.19. The van der Waals surface area contributed by atoms with Crippen LogP contribution in [0.5, 0.6) is 0 Å². The van der Waals surface area contributed by atoms with Gasteiger partial charge < -0.3 is 16.0 Å². The van der Waals surface area contributed by atoms with E-state index >= 15 is 0 Å². The third-order valence-electron chi connectivity index (χ3n) is 7.43. The lowest BCUT2D eigenvalue weighted by Crippen LogP contribution is -2.49. The van der Waals surface area contributed by atoms with Crippen LogP contribution >= 0.6 is 0 Å². The number of nitriles is 1. The molecule has 1 aromatic heterocycles. The van der Waals surface area contributed by atoms with Crippen LogP contribution in [-0.2, 0) is 4.79 Å². The van der Waals surface area contributed by atoms with Gasteiger partial charge in [0.1, 0.15) is 17.7 Å². The van der Waals surface area contributed by atoms with Crippen LogP contribution in [0.4, 0.5) is 16.2 Å². The zero-order chi connectivity index (χ0) is 24.2. The van der Waals surface area contributed by atoms with Crippen molar-refractivity contribution in [1.29, 1.82) is 5.26 Å². The Hall–Kier alpha value is -3.21. The highest BCUT2D eigenvalue weighted by Crippen LogP contribution is 2.31. The van der Waals surface area contributed by atoms with Crippen LogP contribution in [-0.4, -0.2) is 34.5 Å². The average molecular weight is 465 g/mol. The first kappa shape index (κ1) is 23.9. The quantitative estimate of drug-likeness (QED) is 0.678. The van der Waals surface area contributed by atoms with Gasteiger partial charge >= 0.3 is 0 Å². The molecule has 1 saturated heterocycles. The second-order valence-electron chi connectivity index (χ2n) is 9.69. The summed E-state index contributed by atoms with van der Waals surface area (Å²) in [7, 11) is 0. The van der Waals surface area contributed by atoms with E-state index in [0.717, 1.165) is 31.6 Å². The molecule has 4 rings (SSSR count). The van der Waals surface area contributed by atoms with E-state index in [1.807, 2.05) is 6.07 Å². The van der Waals surface area contributed by atoms with Gasteiger partial charge in [0.2, 0.25) is 11.9 Å². The molecule has 2 aromatic rings. The summed E-state index contributed by atoms with van der Waals surface area (Å²) < 4.78 is 14.2. The van der Waals surface area contributed by atoms with Crippen LogP contribution in [0, 0.1) is 29.0 Å². The highest BCUT2D eigenvalue weighted by molar-refractivity contribution is 5.80. The molecule has 1 aliphatic heterocycles. The van der Waals surface area contributed by atoms with E-state index in [1.165, 1.54) is 31.4 Å². The van der Waals surface area contributed by atoms with Gasteiger partial charge in [-0.05, 0) is 63.5 Å². The molecule has 1 aromatic carbocycles. The predicted molar refractivity (Wildman–Crippen MR) is 130 cm³/mol. The van der Waals surface area contributed by atoms with Crippen molar-refractivity contribution in [3.8, 4) is 17.3 Å². The zero-order valence-corrected chi connectivity index (χ0v) is 19.9. The molecule has 0 spiro atoms. The molecule has 34 heavy (non-hydrogen) atoms. The lowest BCUT2D eigenvalue weighted by molar-refractivity contribution is -0.126. The van der Waals surface area contributed by atoms with Crippen molar-refractivity contribution in [1.82, 2.24) is 15.3 Å². The summed E-state index contributed by atoms with van der Waals surface area (Å²) in [5.74, 6) is 0.903. The van der Waals surface area contributed by atoms with E-state index in [4.69, 9.17) is 11.0 Å². The summed E-state index contributed by atoms with van der Waals surface area (Å²) in [4.78, 5) is 23.9. The van der Waals surface area contributed by atoms with E-state index < -0.39 is 5.82 Å². The molecule has 0 radical (unpaired) electrons. The number of halogens is 1. The number of amides is 1. The minimum Gasteiger partial charge on any atom is -0.368 e. The Morgan fingerprint density at radius 3 is 2.65 bits per heavy atom. The summed E-state index contributed by atoms with van der Waals surface area (Å²) >= 11 is 0. The number of nitrogens with one attached hydrogen (secondary N) is 1. The topological polar surface area (TPSA) is 108 Å². The van der Waals surface area contributed by atoms with Crippen LogP contribution < -0.4 is 16.0 Å². The average Bonchev–Trinajstić information content (AvgIpc) is 2.84. The molecular weight excluding hydrogens is 431 g/mol. The van der Waals surface area contributed by atoms with Gasteiger partial charge in [-0.15, -0.1) is 0 Å². The molecule has 8 heteroatoms. The number of hydrogen-bond donors (Lipinski definition) is 2. The Labute approximate surface area is 200 Å². The number of hydrogen-bond acceptors (Lipinski definition) is 6. The number of carbonyl (C=O) groups is 1. The van der Waals surface area contributed by atoms with Gasteiger partial charge in [-0.1, -0.05) is 19.4 Å². The third kappa shape index (κ3) is 5.30. The van der Waals surface area contributed by atoms with E-state index in [-0.39, 0.29) is 35.4 Å². The van der Waals surface area contributed by atoms with Crippen LogP contribution in [0.3, 0.4) is 0 Å². The van der Waals surface area contributed by atoms with Crippen molar-refractivity contribution in [2.75, 3.05) is 17.2 Å². The Morgan fingerprint density at radius 1 is 1.21 bits per heavy atom. The molecule has 3 N–H and O–H groups in total. The number of nitrogens with two attached hydrogens (primary N) is 1. The number of nitrogen functional groups attached to an aromatic ring is 1. The van der Waals surface area contributed by atoms with Crippen LogP contribution in [0.2, 0.25) is 0 Å². The maximum Gasteiger partial charge on any atom is 0.225 e. The highest BCUT2D eigenvalue weighted by Gasteiger charge is 2.32. The van der Waals surface area contributed by atoms with E-state index in [2.05, 4.69) is 34.0 Å². The summed E-state index contributed by atoms with van der Waals surface area (Å²) in [6.45, 7) is 4.90. The van der Waals surface area contributed by atoms with Gasteiger partial charge in [-0.2, -0.15) is 10.2 Å². The second-order valence-corrected chi connectivity index (χ2v) is 9.69. The van der Waals surface area contributed by atoms with Gasteiger partial charge in [0.25, 0.3) is 0 Å². The molecular formula is C26H33FN6O. The van der Waals surface area contributed by atoms with Gasteiger partial charge in [0.15, 0.2) is 0 Å². The first-order chi connectivity index (χ1) is 16.4. The normalized spacial score (nSPS) is 24.9. The number of aromatic nitrogens is 2. The van der Waals surface area contributed by atoms with Gasteiger partial charge in [0.05, 0.1) is 17.2 Å². The van der Waals surface area contributed by atoms with Crippen LogP contribution in [0.15, 0.2) is 24.3 Å². The molecule has 2 atom stereocenters. The maximum absolute atomic E-state index is 14.2. The minimum absolute atomic E-state index is 0.0207. The molecule has 7 nitrogen and oxygen atoms in total. The highest BCUT2D eigenvalue weighted by atomic mass is 19.1. The molecule has 2 unspecified atom stereocenters. The summed E-state index contributed by atoms with van der Waals surface area (Å²) in [5, 5.41) is 12.3. The summed E-state index contributed by atoms with van der Waals surface area (Å²) in [6.07, 6.45) is 7.42. The maximum atomic E-state index is 14.2. The number of carbonyl (C=O) groups excluding carboxylic acids is 1. The van der Waals surface area contributed by atoms with E-state index in [9.17, 15) is 9.18 Å². The Bertz CT molecular complexity index is 1080.